The predicted molar refractivity (Wildman–Crippen MR) is 73.5 cm³/mol. The van der Waals surface area contributed by atoms with Gasteiger partial charge >= 0.3 is 0 Å². The van der Waals surface area contributed by atoms with Crippen LogP contribution in [-0.4, -0.2) is 40.1 Å². The van der Waals surface area contributed by atoms with E-state index < -0.39 is 0 Å². The summed E-state index contributed by atoms with van der Waals surface area (Å²) in [4.78, 5) is 18.0. The lowest BCUT2D eigenvalue weighted by Gasteiger charge is -2.34. The molecule has 0 saturated carbocycles. The van der Waals surface area contributed by atoms with E-state index in [9.17, 15) is 4.79 Å². The van der Waals surface area contributed by atoms with E-state index in [1.54, 1.807) is 0 Å². The van der Waals surface area contributed by atoms with E-state index in [2.05, 4.69) is 15.3 Å². The second-order valence-corrected chi connectivity index (χ2v) is 5.61. The third kappa shape index (κ3) is 3.73. The van der Waals surface area contributed by atoms with Gasteiger partial charge in [0.05, 0.1) is 5.69 Å². The number of hydrazine groups is 1. The van der Waals surface area contributed by atoms with Crippen molar-refractivity contribution >= 4 is 17.2 Å². The van der Waals surface area contributed by atoms with Gasteiger partial charge in [0.15, 0.2) is 5.01 Å². The largest absolute Gasteiger partial charge is 0.396 e. The zero-order chi connectivity index (χ0) is 13.7. The molecule has 1 unspecified atom stereocenters. The molecule has 6 nitrogen and oxygen atoms in total. The highest BCUT2D eigenvalue weighted by atomic mass is 32.1. The van der Waals surface area contributed by atoms with E-state index in [0.717, 1.165) is 31.6 Å². The zero-order valence-corrected chi connectivity index (χ0v) is 11.7. The van der Waals surface area contributed by atoms with Crippen molar-refractivity contribution in [3.8, 4) is 0 Å². The number of aliphatic hydroxyl groups excluding tert-OH is 1. The van der Waals surface area contributed by atoms with Gasteiger partial charge in [-0.2, -0.15) is 0 Å². The maximum atomic E-state index is 11.4. The minimum Gasteiger partial charge on any atom is -0.396 e. The Kier molecular flexibility index (Phi) is 5.26. The molecular formula is C12H20N4O2S. The Labute approximate surface area is 116 Å². The lowest BCUT2D eigenvalue weighted by Crippen LogP contribution is -2.39. The number of amides is 1. The fourth-order valence-corrected chi connectivity index (χ4v) is 3.21. The Bertz CT molecular complexity index is 422. The van der Waals surface area contributed by atoms with Gasteiger partial charge in [-0.25, -0.2) is 10.8 Å². The highest BCUT2D eigenvalue weighted by molar-refractivity contribution is 7.11. The quantitative estimate of drug-likeness (QED) is 0.416. The first-order chi connectivity index (χ1) is 9.24. The van der Waals surface area contributed by atoms with Crippen LogP contribution in [0, 0.1) is 0 Å². The number of hydrogen-bond donors (Lipinski definition) is 3. The molecule has 2 rings (SSSR count). The van der Waals surface area contributed by atoms with E-state index in [0.29, 0.717) is 11.0 Å². The normalized spacial score (nSPS) is 20.4. The van der Waals surface area contributed by atoms with Crippen LogP contribution in [0.3, 0.4) is 0 Å². The molecular weight excluding hydrogens is 264 g/mol. The van der Waals surface area contributed by atoms with Crippen LogP contribution in [0.2, 0.25) is 0 Å². The molecule has 4 N–H and O–H groups in total. The standard InChI is InChI=1S/C12H20N4O2S/c13-15-11(18)12-14-9(8-19-12)7-16-5-2-1-3-10(16)4-6-17/h8,10,17H,1-7,13H2,(H,15,18). The summed E-state index contributed by atoms with van der Waals surface area (Å²) in [5, 5.41) is 11.4. The second kappa shape index (κ2) is 6.95. The zero-order valence-electron chi connectivity index (χ0n) is 10.8. The maximum absolute atomic E-state index is 11.4. The van der Waals surface area contributed by atoms with Gasteiger partial charge in [-0.1, -0.05) is 6.42 Å². The predicted octanol–water partition coefficient (Wildman–Crippen LogP) is 0.483. The van der Waals surface area contributed by atoms with Crippen molar-refractivity contribution in [1.82, 2.24) is 15.3 Å². The van der Waals surface area contributed by atoms with E-state index in [1.807, 2.05) is 5.38 Å². The fraction of sp³-hybridized carbons (Fsp3) is 0.667. The maximum Gasteiger partial charge on any atom is 0.294 e. The van der Waals surface area contributed by atoms with Crippen molar-refractivity contribution in [2.75, 3.05) is 13.2 Å². The third-order valence-electron chi connectivity index (χ3n) is 3.45. The number of nitrogen functional groups attached to an aromatic ring is 1. The molecule has 1 amide bonds. The smallest absolute Gasteiger partial charge is 0.294 e. The molecule has 1 aliphatic rings. The van der Waals surface area contributed by atoms with Crippen molar-refractivity contribution in [2.45, 2.75) is 38.3 Å². The van der Waals surface area contributed by atoms with Crippen molar-refractivity contribution in [3.05, 3.63) is 16.1 Å². The van der Waals surface area contributed by atoms with Gasteiger partial charge in [-0.05, 0) is 25.8 Å². The van der Waals surface area contributed by atoms with Crippen LogP contribution in [0.4, 0.5) is 0 Å². The summed E-state index contributed by atoms with van der Waals surface area (Å²) < 4.78 is 0. The van der Waals surface area contributed by atoms with Crippen LogP contribution in [0.25, 0.3) is 0 Å². The van der Waals surface area contributed by atoms with E-state index in [-0.39, 0.29) is 12.5 Å². The summed E-state index contributed by atoms with van der Waals surface area (Å²) >= 11 is 1.31. The SMILES string of the molecule is NNC(=O)c1nc(CN2CCCCC2CCO)cs1. The van der Waals surface area contributed by atoms with Crippen molar-refractivity contribution < 1.29 is 9.90 Å². The highest BCUT2D eigenvalue weighted by Crippen LogP contribution is 2.22. The topological polar surface area (TPSA) is 91.5 Å². The monoisotopic (exact) mass is 284 g/mol. The molecule has 0 aliphatic carbocycles. The Balaban J connectivity index is 1.98. The Hall–Kier alpha value is -1.02. The van der Waals surface area contributed by atoms with Crippen LogP contribution in [0.5, 0.6) is 0 Å². The summed E-state index contributed by atoms with van der Waals surface area (Å²) in [6.45, 7) is 1.98. The molecule has 1 saturated heterocycles. The number of likely N-dealkylation sites (tertiary alicyclic amines) is 1. The second-order valence-electron chi connectivity index (χ2n) is 4.75. The van der Waals surface area contributed by atoms with Gasteiger partial charge in [0.25, 0.3) is 5.91 Å². The molecule has 0 spiro atoms. The number of nitrogens with two attached hydrogens (primary N) is 1. The molecule has 2 heterocycles. The van der Waals surface area contributed by atoms with Crippen LogP contribution in [0.1, 0.15) is 41.2 Å². The molecule has 1 fully saturated rings. The Morgan fingerprint density at radius 3 is 3.21 bits per heavy atom. The molecule has 1 aromatic heterocycles. The number of carbonyl (C=O) groups excluding carboxylic acids is 1. The summed E-state index contributed by atoms with van der Waals surface area (Å²) in [5.74, 6) is 4.74. The first-order valence-electron chi connectivity index (χ1n) is 6.55. The van der Waals surface area contributed by atoms with E-state index in [1.165, 1.54) is 24.2 Å². The van der Waals surface area contributed by atoms with Gasteiger partial charge in [-0.3, -0.25) is 15.1 Å². The number of carbonyl (C=O) groups is 1. The summed E-state index contributed by atoms with van der Waals surface area (Å²) in [5.41, 5.74) is 2.99. The molecule has 1 atom stereocenters. The molecule has 0 bridgehead atoms. The van der Waals surface area contributed by atoms with Gasteiger partial charge in [0, 0.05) is 24.6 Å². The van der Waals surface area contributed by atoms with Crippen LogP contribution in [-0.2, 0) is 6.54 Å². The van der Waals surface area contributed by atoms with Crippen molar-refractivity contribution in [2.24, 2.45) is 5.84 Å². The molecule has 0 radical (unpaired) electrons. The van der Waals surface area contributed by atoms with Crippen molar-refractivity contribution in [1.29, 1.82) is 0 Å². The van der Waals surface area contributed by atoms with Crippen LogP contribution >= 0.6 is 11.3 Å². The first-order valence-corrected chi connectivity index (χ1v) is 7.43. The lowest BCUT2D eigenvalue weighted by molar-refractivity contribution is 0.0952. The number of piperidine rings is 1. The van der Waals surface area contributed by atoms with Gasteiger partial charge in [-0.15, -0.1) is 11.3 Å². The number of aliphatic hydroxyl groups is 1. The minimum atomic E-state index is -0.346. The van der Waals surface area contributed by atoms with Crippen LogP contribution in [0.15, 0.2) is 5.38 Å². The minimum absolute atomic E-state index is 0.221. The lowest BCUT2D eigenvalue weighted by atomic mass is 9.99. The first kappa shape index (κ1) is 14.4. The third-order valence-corrected chi connectivity index (χ3v) is 4.34. The Morgan fingerprint density at radius 2 is 2.47 bits per heavy atom. The number of hydrogen-bond acceptors (Lipinski definition) is 6. The average molecular weight is 284 g/mol. The van der Waals surface area contributed by atoms with E-state index >= 15 is 0 Å². The van der Waals surface area contributed by atoms with Crippen molar-refractivity contribution in [3.63, 3.8) is 0 Å². The average Bonchev–Trinajstić information content (AvgIpc) is 2.89. The van der Waals surface area contributed by atoms with E-state index in [4.69, 9.17) is 10.9 Å². The van der Waals surface area contributed by atoms with Crippen LogP contribution < -0.4 is 11.3 Å². The summed E-state index contributed by atoms with van der Waals surface area (Å²) in [6, 6.07) is 0.423. The molecule has 19 heavy (non-hydrogen) atoms. The van der Waals surface area contributed by atoms with Gasteiger partial charge in [0.1, 0.15) is 0 Å². The number of nitrogens with one attached hydrogen (secondary N) is 1. The number of nitrogens with zero attached hydrogens (tertiary/aromatic N) is 2. The molecule has 1 aromatic rings. The molecule has 1 aliphatic heterocycles. The number of thiazole rings is 1. The Morgan fingerprint density at radius 1 is 1.63 bits per heavy atom. The van der Waals surface area contributed by atoms with Gasteiger partial charge < -0.3 is 5.11 Å². The number of rotatable bonds is 5. The fourth-order valence-electron chi connectivity index (χ4n) is 2.50. The van der Waals surface area contributed by atoms with Gasteiger partial charge in [0.2, 0.25) is 0 Å². The number of aromatic nitrogens is 1. The summed E-state index contributed by atoms with van der Waals surface area (Å²) in [6.07, 6.45) is 4.34. The molecule has 7 heteroatoms. The summed E-state index contributed by atoms with van der Waals surface area (Å²) in [7, 11) is 0. The highest BCUT2D eigenvalue weighted by Gasteiger charge is 2.23. The molecule has 106 valence electrons. The molecule has 0 aromatic carbocycles.